The van der Waals surface area contributed by atoms with Crippen molar-refractivity contribution < 1.29 is 14.3 Å². The van der Waals surface area contributed by atoms with Crippen LogP contribution in [0.25, 0.3) is 0 Å². The Morgan fingerprint density at radius 1 is 1.61 bits per heavy atom. The molecule has 0 atom stereocenters. The van der Waals surface area contributed by atoms with Crippen LogP contribution in [0.4, 0.5) is 5.82 Å². The van der Waals surface area contributed by atoms with Crippen LogP contribution in [0.5, 0.6) is 0 Å². The van der Waals surface area contributed by atoms with Crippen LogP contribution < -0.4 is 5.32 Å². The highest BCUT2D eigenvalue weighted by Gasteiger charge is 2.19. The number of carboxylic acid groups (broad SMARTS) is 1. The third kappa shape index (κ3) is 2.37. The fourth-order valence-corrected chi connectivity index (χ4v) is 1.88. The van der Waals surface area contributed by atoms with Crippen LogP contribution in [0.2, 0.25) is 0 Å². The molecule has 18 heavy (non-hydrogen) atoms. The van der Waals surface area contributed by atoms with Gasteiger partial charge in [-0.2, -0.15) is 5.10 Å². The molecule has 2 aromatic rings. The topological polar surface area (TPSA) is 80.3 Å². The number of furan rings is 1. The summed E-state index contributed by atoms with van der Waals surface area (Å²) in [5.74, 6) is 0.408. The Hall–Kier alpha value is -2.24. The third-order valence-corrected chi connectivity index (χ3v) is 2.68. The number of carbonyl (C=O) groups is 1. The van der Waals surface area contributed by atoms with E-state index in [9.17, 15) is 4.79 Å². The van der Waals surface area contributed by atoms with Crippen molar-refractivity contribution in [2.75, 3.05) is 11.9 Å². The fraction of sp³-hybridized carbons (Fsp3) is 0.333. The van der Waals surface area contributed by atoms with Gasteiger partial charge in [-0.05, 0) is 19.1 Å². The highest BCUT2D eigenvalue weighted by Crippen LogP contribution is 2.18. The molecule has 0 unspecified atom stereocenters. The Morgan fingerprint density at radius 2 is 2.39 bits per heavy atom. The van der Waals surface area contributed by atoms with Gasteiger partial charge in [-0.3, -0.25) is 4.68 Å². The minimum atomic E-state index is -0.971. The number of aromatic nitrogens is 2. The van der Waals surface area contributed by atoms with Gasteiger partial charge in [0.15, 0.2) is 0 Å². The van der Waals surface area contributed by atoms with Crippen LogP contribution in [0.15, 0.2) is 22.8 Å². The van der Waals surface area contributed by atoms with E-state index < -0.39 is 5.97 Å². The van der Waals surface area contributed by atoms with Crippen molar-refractivity contribution in [3.8, 4) is 0 Å². The molecule has 0 aromatic carbocycles. The SMILES string of the molecule is Cc1nn(C)c(NCCc2ccco2)c1C(=O)O. The standard InChI is InChI=1S/C12H15N3O3/c1-8-10(12(16)17)11(15(2)14-8)13-6-5-9-4-3-7-18-9/h3-4,7,13H,5-6H2,1-2H3,(H,16,17). The zero-order chi connectivity index (χ0) is 13.1. The third-order valence-electron chi connectivity index (χ3n) is 2.68. The van der Waals surface area contributed by atoms with Gasteiger partial charge in [-0.1, -0.05) is 0 Å². The van der Waals surface area contributed by atoms with Crippen LogP contribution in [-0.2, 0) is 13.5 Å². The second-order valence-corrected chi connectivity index (χ2v) is 3.99. The summed E-state index contributed by atoms with van der Waals surface area (Å²) < 4.78 is 6.75. The highest BCUT2D eigenvalue weighted by atomic mass is 16.4. The van der Waals surface area contributed by atoms with Crippen molar-refractivity contribution >= 4 is 11.8 Å². The molecule has 0 aliphatic heterocycles. The second kappa shape index (κ2) is 4.95. The molecular formula is C12H15N3O3. The molecule has 2 heterocycles. The lowest BCUT2D eigenvalue weighted by atomic mass is 10.2. The predicted octanol–water partition coefficient (Wildman–Crippen LogP) is 1.67. The number of aromatic carboxylic acids is 1. The first-order chi connectivity index (χ1) is 8.59. The van der Waals surface area contributed by atoms with Gasteiger partial charge in [0.05, 0.1) is 12.0 Å². The summed E-state index contributed by atoms with van der Waals surface area (Å²) in [5.41, 5.74) is 0.724. The van der Waals surface area contributed by atoms with Crippen molar-refractivity contribution in [3.63, 3.8) is 0 Å². The number of aryl methyl sites for hydroxylation is 2. The second-order valence-electron chi connectivity index (χ2n) is 3.99. The molecule has 0 saturated heterocycles. The molecule has 0 aliphatic rings. The van der Waals surface area contributed by atoms with E-state index in [1.165, 1.54) is 0 Å². The molecule has 2 N–H and O–H groups in total. The van der Waals surface area contributed by atoms with E-state index >= 15 is 0 Å². The van der Waals surface area contributed by atoms with E-state index in [4.69, 9.17) is 9.52 Å². The lowest BCUT2D eigenvalue weighted by molar-refractivity contribution is 0.0697. The zero-order valence-corrected chi connectivity index (χ0v) is 10.3. The first kappa shape index (κ1) is 12.2. The van der Waals surface area contributed by atoms with E-state index in [0.29, 0.717) is 24.5 Å². The van der Waals surface area contributed by atoms with Gasteiger partial charge in [-0.25, -0.2) is 4.79 Å². The zero-order valence-electron chi connectivity index (χ0n) is 10.3. The van der Waals surface area contributed by atoms with E-state index in [1.807, 2.05) is 12.1 Å². The Balaban J connectivity index is 2.07. The van der Waals surface area contributed by atoms with Gasteiger partial charge in [0.25, 0.3) is 0 Å². The summed E-state index contributed by atoms with van der Waals surface area (Å²) in [6.07, 6.45) is 2.31. The quantitative estimate of drug-likeness (QED) is 0.842. The monoisotopic (exact) mass is 249 g/mol. The number of rotatable bonds is 5. The normalized spacial score (nSPS) is 10.6. The number of hydrogen-bond acceptors (Lipinski definition) is 4. The smallest absolute Gasteiger partial charge is 0.341 e. The number of carboxylic acids is 1. The summed E-state index contributed by atoms with van der Waals surface area (Å²) in [7, 11) is 1.72. The molecule has 2 aromatic heterocycles. The lowest BCUT2D eigenvalue weighted by Crippen LogP contribution is -2.11. The van der Waals surface area contributed by atoms with Crippen molar-refractivity contribution in [1.29, 1.82) is 0 Å². The first-order valence-corrected chi connectivity index (χ1v) is 5.62. The molecule has 96 valence electrons. The average molecular weight is 249 g/mol. The molecule has 0 saturated carbocycles. The van der Waals surface area contributed by atoms with Crippen molar-refractivity contribution in [2.45, 2.75) is 13.3 Å². The van der Waals surface area contributed by atoms with Crippen LogP contribution >= 0.6 is 0 Å². The minimum absolute atomic E-state index is 0.219. The summed E-state index contributed by atoms with van der Waals surface area (Å²) in [4.78, 5) is 11.1. The Kier molecular flexibility index (Phi) is 3.36. The van der Waals surface area contributed by atoms with E-state index in [-0.39, 0.29) is 5.56 Å². The molecule has 0 aliphatic carbocycles. The van der Waals surface area contributed by atoms with Gasteiger partial charge in [0.1, 0.15) is 17.1 Å². The first-order valence-electron chi connectivity index (χ1n) is 5.62. The van der Waals surface area contributed by atoms with Gasteiger partial charge in [-0.15, -0.1) is 0 Å². The van der Waals surface area contributed by atoms with Gasteiger partial charge >= 0.3 is 5.97 Å². The van der Waals surface area contributed by atoms with Crippen molar-refractivity contribution in [3.05, 3.63) is 35.4 Å². The van der Waals surface area contributed by atoms with Crippen LogP contribution in [0, 0.1) is 6.92 Å². The fourth-order valence-electron chi connectivity index (χ4n) is 1.88. The molecule has 2 rings (SSSR count). The molecule has 6 nitrogen and oxygen atoms in total. The van der Waals surface area contributed by atoms with E-state index in [1.54, 1.807) is 24.9 Å². The minimum Gasteiger partial charge on any atom is -0.477 e. The van der Waals surface area contributed by atoms with Crippen LogP contribution in [0.3, 0.4) is 0 Å². The summed E-state index contributed by atoms with van der Waals surface area (Å²) in [5, 5.41) is 16.3. The van der Waals surface area contributed by atoms with Crippen molar-refractivity contribution in [1.82, 2.24) is 9.78 Å². The number of anilines is 1. The summed E-state index contributed by atoms with van der Waals surface area (Å²) in [6.45, 7) is 2.27. The number of nitrogens with zero attached hydrogens (tertiary/aromatic N) is 2. The maximum absolute atomic E-state index is 11.1. The van der Waals surface area contributed by atoms with Crippen LogP contribution in [0.1, 0.15) is 21.8 Å². The molecule has 0 spiro atoms. The van der Waals surface area contributed by atoms with Gasteiger partial charge in [0, 0.05) is 20.0 Å². The summed E-state index contributed by atoms with van der Waals surface area (Å²) >= 11 is 0. The van der Waals surface area contributed by atoms with Crippen molar-refractivity contribution in [2.24, 2.45) is 7.05 Å². The maximum atomic E-state index is 11.1. The number of hydrogen-bond donors (Lipinski definition) is 2. The average Bonchev–Trinajstić information content (AvgIpc) is 2.87. The largest absolute Gasteiger partial charge is 0.477 e. The van der Waals surface area contributed by atoms with E-state index in [0.717, 1.165) is 5.76 Å². The number of nitrogens with one attached hydrogen (secondary N) is 1. The molecular weight excluding hydrogens is 234 g/mol. The van der Waals surface area contributed by atoms with Crippen LogP contribution in [-0.4, -0.2) is 27.4 Å². The van der Waals surface area contributed by atoms with E-state index in [2.05, 4.69) is 10.4 Å². The Bertz CT molecular complexity index is 543. The Morgan fingerprint density at radius 3 is 3.00 bits per heavy atom. The molecule has 6 heteroatoms. The van der Waals surface area contributed by atoms with Gasteiger partial charge < -0.3 is 14.8 Å². The molecule has 0 fully saturated rings. The highest BCUT2D eigenvalue weighted by molar-refractivity contribution is 5.94. The molecule has 0 bridgehead atoms. The lowest BCUT2D eigenvalue weighted by Gasteiger charge is -2.06. The Labute approximate surface area is 104 Å². The van der Waals surface area contributed by atoms with Gasteiger partial charge in [0.2, 0.25) is 0 Å². The maximum Gasteiger partial charge on any atom is 0.341 e. The molecule has 0 radical (unpaired) electrons. The molecule has 0 amide bonds. The summed E-state index contributed by atoms with van der Waals surface area (Å²) in [6, 6.07) is 3.71. The predicted molar refractivity (Wildman–Crippen MR) is 65.8 cm³/mol.